The molecule has 1 aliphatic rings. The van der Waals surface area contributed by atoms with E-state index in [4.69, 9.17) is 0 Å². The highest BCUT2D eigenvalue weighted by atomic mass is 35.5. The molecule has 1 saturated heterocycles. The Bertz CT molecular complexity index is 802. The molecule has 24 heavy (non-hydrogen) atoms. The number of nitrogens with zero attached hydrogens (tertiary/aromatic N) is 2. The summed E-state index contributed by atoms with van der Waals surface area (Å²) >= 11 is 0. The summed E-state index contributed by atoms with van der Waals surface area (Å²) in [7, 11) is -3.92. The smallest absolute Gasteiger partial charge is 0.246 e. The van der Waals surface area contributed by atoms with Crippen molar-refractivity contribution in [3.8, 4) is 0 Å². The van der Waals surface area contributed by atoms with Crippen LogP contribution >= 0.6 is 12.4 Å². The van der Waals surface area contributed by atoms with Gasteiger partial charge in [0.05, 0.1) is 6.04 Å². The van der Waals surface area contributed by atoms with Gasteiger partial charge in [0.15, 0.2) is 0 Å². The van der Waals surface area contributed by atoms with Crippen molar-refractivity contribution in [1.29, 1.82) is 0 Å². The van der Waals surface area contributed by atoms with E-state index < -0.39 is 21.9 Å². The molecule has 3 rings (SSSR count). The van der Waals surface area contributed by atoms with E-state index in [2.05, 4.69) is 10.3 Å². The molecule has 5 nitrogen and oxygen atoms in total. The Balaban J connectivity index is 0.00000208. The first-order chi connectivity index (χ1) is 11.0. The second-order valence-corrected chi connectivity index (χ2v) is 7.37. The zero-order chi connectivity index (χ0) is 16.4. The molecule has 1 unspecified atom stereocenters. The minimum atomic E-state index is -3.92. The van der Waals surface area contributed by atoms with E-state index in [1.807, 2.05) is 6.07 Å². The van der Waals surface area contributed by atoms with E-state index in [-0.39, 0.29) is 23.8 Å². The molecule has 0 spiro atoms. The van der Waals surface area contributed by atoms with Crippen LogP contribution in [0.3, 0.4) is 0 Å². The number of hydrogen-bond acceptors (Lipinski definition) is 4. The van der Waals surface area contributed by atoms with E-state index in [1.165, 1.54) is 10.4 Å². The van der Waals surface area contributed by atoms with Crippen LogP contribution in [0.15, 0.2) is 47.6 Å². The van der Waals surface area contributed by atoms with Crippen LogP contribution in [-0.4, -0.2) is 37.3 Å². The fraction of sp³-hybridized carbons (Fsp3) is 0.312. The van der Waals surface area contributed by atoms with Crippen molar-refractivity contribution < 1.29 is 12.8 Å². The summed E-state index contributed by atoms with van der Waals surface area (Å²) in [5.74, 6) is -0.684. The first kappa shape index (κ1) is 18.8. The predicted octanol–water partition coefficient (Wildman–Crippen LogP) is 2.29. The first-order valence-electron chi connectivity index (χ1n) is 7.39. The van der Waals surface area contributed by atoms with Crippen molar-refractivity contribution in [2.24, 2.45) is 0 Å². The Morgan fingerprint density at radius 2 is 2.08 bits per heavy atom. The molecule has 0 amide bonds. The van der Waals surface area contributed by atoms with Gasteiger partial charge in [-0.2, -0.15) is 4.31 Å². The molecule has 1 N–H and O–H groups in total. The van der Waals surface area contributed by atoms with Crippen LogP contribution in [0.25, 0.3) is 0 Å². The summed E-state index contributed by atoms with van der Waals surface area (Å²) in [6.45, 7) is 2.85. The van der Waals surface area contributed by atoms with Crippen LogP contribution in [0.4, 0.5) is 4.39 Å². The van der Waals surface area contributed by atoms with Crippen molar-refractivity contribution in [3.63, 3.8) is 0 Å². The maximum absolute atomic E-state index is 14.3. The average Bonchev–Trinajstić information content (AvgIpc) is 2.58. The lowest BCUT2D eigenvalue weighted by Gasteiger charge is -2.35. The van der Waals surface area contributed by atoms with Gasteiger partial charge in [-0.25, -0.2) is 12.8 Å². The van der Waals surface area contributed by atoms with E-state index in [0.29, 0.717) is 18.7 Å². The molecule has 2 aromatic rings. The third-order valence-corrected chi connectivity index (χ3v) is 5.93. The van der Waals surface area contributed by atoms with Gasteiger partial charge in [0.2, 0.25) is 10.0 Å². The summed E-state index contributed by atoms with van der Waals surface area (Å²) < 4.78 is 41.7. The summed E-state index contributed by atoms with van der Waals surface area (Å²) in [6, 6.07) is 7.64. The highest BCUT2D eigenvalue weighted by molar-refractivity contribution is 7.89. The third-order valence-electron chi connectivity index (χ3n) is 4.01. The Labute approximate surface area is 147 Å². The summed E-state index contributed by atoms with van der Waals surface area (Å²) in [4.78, 5) is 3.79. The molecule has 0 bridgehead atoms. The van der Waals surface area contributed by atoms with E-state index in [9.17, 15) is 12.8 Å². The van der Waals surface area contributed by atoms with Gasteiger partial charge in [-0.15, -0.1) is 12.4 Å². The number of piperazine rings is 1. The molecule has 0 saturated carbocycles. The number of hydrogen-bond donors (Lipinski definition) is 1. The third kappa shape index (κ3) is 3.44. The lowest BCUT2D eigenvalue weighted by atomic mass is 10.1. The molecule has 0 aliphatic carbocycles. The first-order valence-corrected chi connectivity index (χ1v) is 8.83. The highest BCUT2D eigenvalue weighted by Crippen LogP contribution is 2.30. The Kier molecular flexibility index (Phi) is 5.92. The van der Waals surface area contributed by atoms with Gasteiger partial charge in [0.1, 0.15) is 10.7 Å². The maximum Gasteiger partial charge on any atom is 0.246 e. The van der Waals surface area contributed by atoms with Crippen LogP contribution in [0.5, 0.6) is 0 Å². The number of rotatable bonds is 3. The number of nitrogens with one attached hydrogen (secondary N) is 1. The molecule has 1 aromatic carbocycles. The SMILES string of the molecule is Cc1cccc(S(=O)(=O)N2CCNCC2c2cccnc2)c1F.Cl. The van der Waals surface area contributed by atoms with Gasteiger partial charge in [-0.1, -0.05) is 18.2 Å². The Morgan fingerprint density at radius 1 is 1.29 bits per heavy atom. The summed E-state index contributed by atoms with van der Waals surface area (Å²) in [6.07, 6.45) is 3.28. The summed E-state index contributed by atoms with van der Waals surface area (Å²) in [5, 5.41) is 3.19. The number of pyridine rings is 1. The number of benzene rings is 1. The summed E-state index contributed by atoms with van der Waals surface area (Å²) in [5.41, 5.74) is 1.11. The molecule has 0 radical (unpaired) electrons. The van der Waals surface area contributed by atoms with Gasteiger partial charge in [0, 0.05) is 32.0 Å². The topological polar surface area (TPSA) is 62.3 Å². The van der Waals surface area contributed by atoms with Crippen molar-refractivity contribution >= 4 is 22.4 Å². The number of halogens is 2. The Morgan fingerprint density at radius 3 is 2.79 bits per heavy atom. The van der Waals surface area contributed by atoms with Crippen LogP contribution in [0, 0.1) is 12.7 Å². The number of aryl methyl sites for hydroxylation is 1. The van der Waals surface area contributed by atoms with Gasteiger partial charge in [-0.05, 0) is 30.2 Å². The quantitative estimate of drug-likeness (QED) is 0.899. The largest absolute Gasteiger partial charge is 0.313 e. The van der Waals surface area contributed by atoms with Gasteiger partial charge < -0.3 is 5.32 Å². The van der Waals surface area contributed by atoms with Crippen LogP contribution < -0.4 is 5.32 Å². The molecule has 1 aliphatic heterocycles. The fourth-order valence-electron chi connectivity index (χ4n) is 2.78. The minimum Gasteiger partial charge on any atom is -0.313 e. The molecule has 2 heterocycles. The van der Waals surface area contributed by atoms with Crippen LogP contribution in [0.1, 0.15) is 17.2 Å². The zero-order valence-corrected chi connectivity index (χ0v) is 14.8. The molecule has 1 fully saturated rings. The zero-order valence-electron chi connectivity index (χ0n) is 13.1. The maximum atomic E-state index is 14.3. The molecular weight excluding hydrogens is 353 g/mol. The van der Waals surface area contributed by atoms with Crippen molar-refractivity contribution in [3.05, 3.63) is 59.7 Å². The number of sulfonamides is 1. The van der Waals surface area contributed by atoms with Gasteiger partial charge >= 0.3 is 0 Å². The fourth-order valence-corrected chi connectivity index (χ4v) is 4.53. The molecular formula is C16H19ClFN3O2S. The Hall–Kier alpha value is -1.54. The second kappa shape index (κ2) is 7.57. The van der Waals surface area contributed by atoms with E-state index in [0.717, 1.165) is 5.56 Å². The van der Waals surface area contributed by atoms with Crippen molar-refractivity contribution in [2.75, 3.05) is 19.6 Å². The standard InChI is InChI=1S/C16H18FN3O2S.ClH/c1-12-4-2-6-15(16(12)17)23(21,22)20-9-8-19-11-14(20)13-5-3-7-18-10-13;/h2-7,10,14,19H,8-9,11H2,1H3;1H. The monoisotopic (exact) mass is 371 g/mol. The van der Waals surface area contributed by atoms with Gasteiger partial charge in [-0.3, -0.25) is 4.98 Å². The van der Waals surface area contributed by atoms with Crippen LogP contribution in [0.2, 0.25) is 0 Å². The second-order valence-electron chi connectivity index (χ2n) is 5.51. The normalized spacial score (nSPS) is 18.8. The van der Waals surface area contributed by atoms with Crippen LogP contribution in [-0.2, 0) is 10.0 Å². The van der Waals surface area contributed by atoms with Crippen molar-refractivity contribution in [2.45, 2.75) is 17.9 Å². The lowest BCUT2D eigenvalue weighted by molar-refractivity contribution is 0.270. The number of aromatic nitrogens is 1. The van der Waals surface area contributed by atoms with Gasteiger partial charge in [0.25, 0.3) is 0 Å². The molecule has 1 aromatic heterocycles. The molecule has 8 heteroatoms. The van der Waals surface area contributed by atoms with Crippen molar-refractivity contribution in [1.82, 2.24) is 14.6 Å². The predicted molar refractivity (Wildman–Crippen MR) is 92.1 cm³/mol. The minimum absolute atomic E-state index is 0. The molecule has 130 valence electrons. The highest BCUT2D eigenvalue weighted by Gasteiger charge is 2.36. The average molecular weight is 372 g/mol. The van der Waals surface area contributed by atoms with E-state index in [1.54, 1.807) is 37.5 Å². The van der Waals surface area contributed by atoms with E-state index >= 15 is 0 Å². The lowest BCUT2D eigenvalue weighted by Crippen LogP contribution is -2.48. The molecule has 1 atom stereocenters.